The third-order valence-electron chi connectivity index (χ3n) is 1.28. The Bertz CT molecular complexity index is 349. The topological polar surface area (TPSA) is 79.3 Å². The van der Waals surface area contributed by atoms with Gasteiger partial charge in [0.25, 0.3) is 0 Å². The summed E-state index contributed by atoms with van der Waals surface area (Å²) >= 11 is 0. The van der Waals surface area contributed by atoms with Gasteiger partial charge in [-0.1, -0.05) is 6.07 Å². The summed E-state index contributed by atoms with van der Waals surface area (Å²) in [4.78, 5) is 3.77. The second kappa shape index (κ2) is 4.20. The van der Waals surface area contributed by atoms with Crippen molar-refractivity contribution in [2.24, 2.45) is 0 Å². The summed E-state index contributed by atoms with van der Waals surface area (Å²) in [5.74, 6) is -0.0558. The molecule has 0 saturated heterocycles. The molecule has 0 amide bonds. The van der Waals surface area contributed by atoms with E-state index in [4.69, 9.17) is 5.11 Å². The molecule has 13 heavy (non-hydrogen) atoms. The first-order valence-electron chi connectivity index (χ1n) is 3.66. The van der Waals surface area contributed by atoms with Crippen LogP contribution in [0.5, 0.6) is 0 Å². The van der Waals surface area contributed by atoms with Gasteiger partial charge in [-0.15, -0.1) is 0 Å². The molecule has 1 aromatic heterocycles. The van der Waals surface area contributed by atoms with Crippen molar-refractivity contribution in [2.45, 2.75) is 0 Å². The molecule has 1 heterocycles. The third-order valence-corrected chi connectivity index (χ3v) is 2.53. The van der Waals surface area contributed by atoms with Gasteiger partial charge in [0.05, 0.1) is 12.4 Å². The van der Waals surface area contributed by atoms with Crippen LogP contribution < -0.4 is 4.72 Å². The second-order valence-corrected chi connectivity index (χ2v) is 4.20. The summed E-state index contributed by atoms with van der Waals surface area (Å²) in [7, 11) is -3.45. The predicted molar refractivity (Wildman–Crippen MR) is 48.7 cm³/mol. The molecule has 0 atom stereocenters. The van der Waals surface area contributed by atoms with Crippen LogP contribution in [0.1, 0.15) is 0 Å². The lowest BCUT2D eigenvalue weighted by Gasteiger charge is -2.04. The van der Waals surface area contributed by atoms with Crippen LogP contribution in [0.25, 0.3) is 0 Å². The minimum absolute atomic E-state index is 0.260. The van der Waals surface area contributed by atoms with E-state index in [0.29, 0.717) is 0 Å². The maximum Gasteiger partial charge on any atom is 0.236 e. The molecule has 0 saturated carbocycles. The number of aliphatic hydroxyl groups is 1. The number of anilines is 1. The largest absolute Gasteiger partial charge is 0.395 e. The van der Waals surface area contributed by atoms with Crippen LogP contribution in [0.3, 0.4) is 0 Å². The van der Waals surface area contributed by atoms with E-state index in [0.717, 1.165) is 0 Å². The third kappa shape index (κ3) is 3.39. The summed E-state index contributed by atoms with van der Waals surface area (Å²) in [5.41, 5.74) is 0. The van der Waals surface area contributed by atoms with Crippen molar-refractivity contribution >= 4 is 15.8 Å². The van der Waals surface area contributed by atoms with Gasteiger partial charge in [-0.2, -0.15) is 0 Å². The predicted octanol–water partition coefficient (Wildman–Crippen LogP) is -0.184. The molecule has 2 N–H and O–H groups in total. The van der Waals surface area contributed by atoms with Gasteiger partial charge in [0, 0.05) is 6.20 Å². The minimum atomic E-state index is -3.45. The van der Waals surface area contributed by atoms with Gasteiger partial charge in [-0.25, -0.2) is 13.4 Å². The molecule has 0 aliphatic heterocycles. The zero-order valence-corrected chi connectivity index (χ0v) is 7.66. The van der Waals surface area contributed by atoms with Gasteiger partial charge in [0.15, 0.2) is 0 Å². The van der Waals surface area contributed by atoms with Crippen molar-refractivity contribution in [1.29, 1.82) is 0 Å². The summed E-state index contributed by atoms with van der Waals surface area (Å²) in [6, 6.07) is 4.89. The Labute approximate surface area is 76.5 Å². The first-order chi connectivity index (χ1) is 6.14. The number of aliphatic hydroxyl groups excluding tert-OH is 1. The fourth-order valence-electron chi connectivity index (χ4n) is 0.754. The van der Waals surface area contributed by atoms with Gasteiger partial charge in [0.2, 0.25) is 10.0 Å². The van der Waals surface area contributed by atoms with E-state index in [9.17, 15) is 8.42 Å². The van der Waals surface area contributed by atoms with E-state index in [1.807, 2.05) is 0 Å². The number of sulfonamides is 1. The van der Waals surface area contributed by atoms with Crippen molar-refractivity contribution in [3.63, 3.8) is 0 Å². The Hall–Kier alpha value is -1.14. The molecule has 6 heteroatoms. The van der Waals surface area contributed by atoms with Crippen LogP contribution in [-0.2, 0) is 10.0 Å². The number of nitrogens with zero attached hydrogens (tertiary/aromatic N) is 1. The second-order valence-electron chi connectivity index (χ2n) is 2.36. The molecule has 0 aromatic carbocycles. The van der Waals surface area contributed by atoms with Crippen LogP contribution in [0.15, 0.2) is 24.4 Å². The van der Waals surface area contributed by atoms with Crippen molar-refractivity contribution < 1.29 is 13.5 Å². The maximum atomic E-state index is 11.1. The first kappa shape index (κ1) is 9.94. The van der Waals surface area contributed by atoms with Crippen molar-refractivity contribution in [3.05, 3.63) is 24.4 Å². The molecule has 0 fully saturated rings. The maximum absolute atomic E-state index is 11.1. The van der Waals surface area contributed by atoms with E-state index in [1.54, 1.807) is 12.1 Å². The molecular formula is C7H10N2O3S. The highest BCUT2D eigenvalue weighted by molar-refractivity contribution is 7.92. The summed E-state index contributed by atoms with van der Waals surface area (Å²) in [5, 5.41) is 8.44. The zero-order valence-electron chi connectivity index (χ0n) is 6.84. The number of hydrogen-bond acceptors (Lipinski definition) is 4. The molecule has 0 radical (unpaired) electrons. The molecule has 1 aromatic rings. The first-order valence-corrected chi connectivity index (χ1v) is 5.32. The standard InChI is InChI=1S/C7H10N2O3S/c10-5-6-13(11,12)9-7-3-1-2-4-8-7/h1-4,10H,5-6H2,(H,8,9). The molecule has 72 valence electrons. The van der Waals surface area contributed by atoms with Crippen LogP contribution in [0, 0.1) is 0 Å². The molecule has 5 nitrogen and oxygen atoms in total. The molecule has 0 unspecified atom stereocenters. The molecular weight excluding hydrogens is 192 g/mol. The summed E-state index contributed by atoms with van der Waals surface area (Å²) in [6.45, 7) is -0.401. The highest BCUT2D eigenvalue weighted by Crippen LogP contribution is 2.02. The highest BCUT2D eigenvalue weighted by Gasteiger charge is 2.08. The number of pyridine rings is 1. The number of nitrogens with one attached hydrogen (secondary N) is 1. The lowest BCUT2D eigenvalue weighted by molar-refractivity contribution is 0.320. The number of hydrogen-bond donors (Lipinski definition) is 2. The average Bonchev–Trinajstić information content (AvgIpc) is 2.04. The molecule has 0 aliphatic rings. The summed E-state index contributed by atoms with van der Waals surface area (Å²) in [6.07, 6.45) is 1.48. The smallest absolute Gasteiger partial charge is 0.236 e. The van der Waals surface area contributed by atoms with Crippen molar-refractivity contribution in [1.82, 2.24) is 4.98 Å². The van der Waals surface area contributed by atoms with Gasteiger partial charge in [-0.3, -0.25) is 4.72 Å². The quantitative estimate of drug-likeness (QED) is 0.709. The average molecular weight is 202 g/mol. The molecule has 0 bridgehead atoms. The molecule has 0 spiro atoms. The van der Waals surface area contributed by atoms with E-state index >= 15 is 0 Å². The lowest BCUT2D eigenvalue weighted by Crippen LogP contribution is -2.19. The number of aromatic nitrogens is 1. The minimum Gasteiger partial charge on any atom is -0.395 e. The fourth-order valence-corrected chi connectivity index (χ4v) is 1.54. The van der Waals surface area contributed by atoms with Crippen molar-refractivity contribution in [3.8, 4) is 0 Å². The van der Waals surface area contributed by atoms with Crippen LogP contribution in [0.4, 0.5) is 5.82 Å². The van der Waals surface area contributed by atoms with E-state index in [-0.39, 0.29) is 11.6 Å². The molecule has 1 rings (SSSR count). The zero-order chi connectivity index (χ0) is 9.73. The lowest BCUT2D eigenvalue weighted by atomic mass is 10.5. The Morgan fingerprint density at radius 1 is 1.46 bits per heavy atom. The Morgan fingerprint density at radius 3 is 2.77 bits per heavy atom. The monoisotopic (exact) mass is 202 g/mol. The summed E-state index contributed by atoms with van der Waals surface area (Å²) < 4.78 is 24.4. The Kier molecular flexibility index (Phi) is 3.21. The number of rotatable bonds is 4. The fraction of sp³-hybridized carbons (Fsp3) is 0.286. The Balaban J connectivity index is 2.70. The SMILES string of the molecule is O=S(=O)(CCO)Nc1ccccn1. The van der Waals surface area contributed by atoms with Crippen LogP contribution in [0.2, 0.25) is 0 Å². The van der Waals surface area contributed by atoms with E-state index in [1.165, 1.54) is 12.3 Å². The van der Waals surface area contributed by atoms with Gasteiger partial charge >= 0.3 is 0 Å². The van der Waals surface area contributed by atoms with Gasteiger partial charge in [0.1, 0.15) is 5.82 Å². The van der Waals surface area contributed by atoms with E-state index in [2.05, 4.69) is 9.71 Å². The normalized spacial score (nSPS) is 11.2. The van der Waals surface area contributed by atoms with Crippen molar-refractivity contribution in [2.75, 3.05) is 17.1 Å². The van der Waals surface area contributed by atoms with Gasteiger partial charge < -0.3 is 5.11 Å². The highest BCUT2D eigenvalue weighted by atomic mass is 32.2. The molecule has 0 aliphatic carbocycles. The van der Waals surface area contributed by atoms with Crippen LogP contribution >= 0.6 is 0 Å². The Morgan fingerprint density at radius 2 is 2.23 bits per heavy atom. The van der Waals surface area contributed by atoms with Crippen LogP contribution in [-0.4, -0.2) is 30.9 Å². The van der Waals surface area contributed by atoms with E-state index < -0.39 is 16.6 Å². The van der Waals surface area contributed by atoms with Gasteiger partial charge in [-0.05, 0) is 12.1 Å².